The topological polar surface area (TPSA) is 45.2 Å². The van der Waals surface area contributed by atoms with Crippen molar-refractivity contribution >= 4 is 11.6 Å². The lowest BCUT2D eigenvalue weighted by molar-refractivity contribution is -0.137. The molecule has 144 valence electrons. The lowest BCUT2D eigenvalue weighted by atomic mass is 10.0. The van der Waals surface area contributed by atoms with Crippen molar-refractivity contribution in [1.82, 2.24) is 10.3 Å². The van der Waals surface area contributed by atoms with Crippen LogP contribution in [0.2, 0.25) is 0 Å². The first kappa shape index (κ1) is 19.2. The Morgan fingerprint density at radius 1 is 1.26 bits per heavy atom. The van der Waals surface area contributed by atoms with Crippen molar-refractivity contribution in [3.05, 3.63) is 59.4 Å². The number of carbonyl (C=O) groups is 1. The van der Waals surface area contributed by atoms with Gasteiger partial charge in [0, 0.05) is 19.3 Å². The minimum atomic E-state index is -4.37. The van der Waals surface area contributed by atoms with E-state index < -0.39 is 11.7 Å². The summed E-state index contributed by atoms with van der Waals surface area (Å²) in [5.41, 5.74) is 1.56. The van der Waals surface area contributed by atoms with Gasteiger partial charge in [0.1, 0.15) is 0 Å². The summed E-state index contributed by atoms with van der Waals surface area (Å²) < 4.78 is 37.8. The quantitative estimate of drug-likeness (QED) is 0.883. The molecular formula is C20H22F3N3O. The van der Waals surface area contributed by atoms with Gasteiger partial charge in [-0.3, -0.25) is 9.78 Å². The number of nitrogens with zero attached hydrogens (tertiary/aromatic N) is 2. The van der Waals surface area contributed by atoms with E-state index in [1.165, 1.54) is 12.1 Å². The number of anilines is 1. The van der Waals surface area contributed by atoms with E-state index in [1.807, 2.05) is 20.0 Å². The summed E-state index contributed by atoms with van der Waals surface area (Å²) in [6.45, 7) is 5.44. The molecule has 1 atom stereocenters. The zero-order valence-corrected chi connectivity index (χ0v) is 15.3. The van der Waals surface area contributed by atoms with Gasteiger partial charge in [0.2, 0.25) is 5.91 Å². The number of carbonyl (C=O) groups excluding carboxylic acids is 1. The Balaban J connectivity index is 1.59. The predicted molar refractivity (Wildman–Crippen MR) is 97.5 cm³/mol. The average Bonchev–Trinajstić information content (AvgIpc) is 2.96. The van der Waals surface area contributed by atoms with Gasteiger partial charge < -0.3 is 10.2 Å². The van der Waals surface area contributed by atoms with Crippen LogP contribution in [-0.2, 0) is 17.4 Å². The first-order valence-corrected chi connectivity index (χ1v) is 8.78. The first-order chi connectivity index (χ1) is 12.6. The number of nitrogens with one attached hydrogen (secondary N) is 1. The van der Waals surface area contributed by atoms with E-state index in [2.05, 4.69) is 21.3 Å². The third-order valence-corrected chi connectivity index (χ3v) is 4.79. The molecule has 1 fully saturated rings. The van der Waals surface area contributed by atoms with Gasteiger partial charge >= 0.3 is 6.18 Å². The number of hydrogen-bond acceptors (Lipinski definition) is 3. The highest BCUT2D eigenvalue weighted by Crippen LogP contribution is 2.29. The molecule has 1 aromatic heterocycles. The molecule has 1 saturated heterocycles. The number of hydrogen-bond donors (Lipinski definition) is 1. The largest absolute Gasteiger partial charge is 0.416 e. The molecule has 4 nitrogen and oxygen atoms in total. The number of amides is 1. The van der Waals surface area contributed by atoms with Crippen LogP contribution < -0.4 is 10.2 Å². The molecule has 0 bridgehead atoms. The van der Waals surface area contributed by atoms with Gasteiger partial charge in [0.05, 0.1) is 29.4 Å². The lowest BCUT2D eigenvalue weighted by Gasteiger charge is -2.27. The second-order valence-corrected chi connectivity index (χ2v) is 7.37. The fourth-order valence-electron chi connectivity index (χ4n) is 3.37. The molecule has 1 amide bonds. The zero-order chi connectivity index (χ0) is 19.7. The molecule has 1 N–H and O–H groups in total. The molecule has 0 saturated carbocycles. The monoisotopic (exact) mass is 377 g/mol. The van der Waals surface area contributed by atoms with Crippen molar-refractivity contribution < 1.29 is 18.0 Å². The van der Waals surface area contributed by atoms with Crippen molar-refractivity contribution in [1.29, 1.82) is 0 Å². The Kier molecular flexibility index (Phi) is 5.13. The van der Waals surface area contributed by atoms with Crippen LogP contribution in [0.1, 0.15) is 30.0 Å². The SMILES string of the molecule is Cc1cncc(N2CCC(C)(NC(=O)Cc3ccc(C(F)(F)F)cc3)C2)c1. The molecule has 2 heterocycles. The van der Waals surface area contributed by atoms with E-state index in [0.29, 0.717) is 12.1 Å². The van der Waals surface area contributed by atoms with Crippen LogP contribution in [0.3, 0.4) is 0 Å². The number of alkyl halides is 3. The van der Waals surface area contributed by atoms with Crippen molar-refractivity contribution in [2.24, 2.45) is 0 Å². The Morgan fingerprint density at radius 2 is 1.96 bits per heavy atom. The molecule has 7 heteroatoms. The molecule has 0 aliphatic carbocycles. The number of aryl methyl sites for hydroxylation is 1. The number of rotatable bonds is 4. The van der Waals surface area contributed by atoms with Crippen molar-refractivity contribution in [3.63, 3.8) is 0 Å². The molecule has 0 radical (unpaired) electrons. The van der Waals surface area contributed by atoms with Gasteiger partial charge in [0.15, 0.2) is 0 Å². The van der Waals surface area contributed by atoms with Crippen LogP contribution in [-0.4, -0.2) is 29.5 Å². The normalized spacial score (nSPS) is 20.0. The summed E-state index contributed by atoms with van der Waals surface area (Å²) in [4.78, 5) is 18.8. The van der Waals surface area contributed by atoms with Crippen LogP contribution in [0.4, 0.5) is 18.9 Å². The molecule has 1 aliphatic rings. The molecule has 27 heavy (non-hydrogen) atoms. The van der Waals surface area contributed by atoms with Crippen LogP contribution in [0, 0.1) is 6.92 Å². The van der Waals surface area contributed by atoms with E-state index in [-0.39, 0.29) is 17.9 Å². The summed E-state index contributed by atoms with van der Waals surface area (Å²) in [5, 5.41) is 3.04. The van der Waals surface area contributed by atoms with E-state index in [9.17, 15) is 18.0 Å². The van der Waals surface area contributed by atoms with E-state index in [1.54, 1.807) is 6.20 Å². The van der Waals surface area contributed by atoms with E-state index in [0.717, 1.165) is 36.3 Å². The maximum absolute atomic E-state index is 12.6. The van der Waals surface area contributed by atoms with Crippen molar-refractivity contribution in [2.75, 3.05) is 18.0 Å². The molecule has 1 aliphatic heterocycles. The van der Waals surface area contributed by atoms with Gasteiger partial charge in [-0.05, 0) is 49.6 Å². The molecule has 1 unspecified atom stereocenters. The Labute approximate surface area is 156 Å². The van der Waals surface area contributed by atoms with Crippen LogP contribution in [0.25, 0.3) is 0 Å². The third-order valence-electron chi connectivity index (χ3n) is 4.79. The first-order valence-electron chi connectivity index (χ1n) is 8.78. The molecule has 1 aromatic carbocycles. The van der Waals surface area contributed by atoms with E-state index in [4.69, 9.17) is 0 Å². The molecule has 3 rings (SSSR count). The summed E-state index contributed by atoms with van der Waals surface area (Å²) in [6, 6.07) is 6.77. The standard InChI is InChI=1S/C20H22F3N3O/c1-14-9-17(12-24-11-14)26-8-7-19(2,13-26)25-18(27)10-15-3-5-16(6-4-15)20(21,22)23/h3-6,9,11-12H,7-8,10,13H2,1-2H3,(H,25,27). The van der Waals surface area contributed by atoms with E-state index >= 15 is 0 Å². The van der Waals surface area contributed by atoms with Crippen molar-refractivity contribution in [3.8, 4) is 0 Å². The molecular weight excluding hydrogens is 355 g/mol. The minimum absolute atomic E-state index is 0.0553. The smallest absolute Gasteiger partial charge is 0.368 e. The van der Waals surface area contributed by atoms with Gasteiger partial charge in [-0.2, -0.15) is 13.2 Å². The fraction of sp³-hybridized carbons (Fsp3) is 0.400. The van der Waals surface area contributed by atoms with Crippen LogP contribution >= 0.6 is 0 Å². The van der Waals surface area contributed by atoms with Crippen molar-refractivity contribution in [2.45, 2.75) is 38.4 Å². The van der Waals surface area contributed by atoms with Gasteiger partial charge in [-0.15, -0.1) is 0 Å². The highest BCUT2D eigenvalue weighted by molar-refractivity contribution is 5.79. The summed E-state index contributed by atoms with van der Waals surface area (Å²) in [5.74, 6) is -0.193. The fourth-order valence-corrected chi connectivity index (χ4v) is 3.37. The summed E-state index contributed by atoms with van der Waals surface area (Å²) >= 11 is 0. The number of halogens is 3. The van der Waals surface area contributed by atoms with Crippen LogP contribution in [0.15, 0.2) is 42.7 Å². The Bertz CT molecular complexity index is 820. The number of benzene rings is 1. The van der Waals surface area contributed by atoms with Gasteiger partial charge in [-0.25, -0.2) is 0 Å². The summed E-state index contributed by atoms with van der Waals surface area (Å²) in [7, 11) is 0. The Hall–Kier alpha value is -2.57. The Morgan fingerprint density at radius 3 is 2.59 bits per heavy atom. The highest BCUT2D eigenvalue weighted by Gasteiger charge is 2.35. The van der Waals surface area contributed by atoms with Crippen LogP contribution in [0.5, 0.6) is 0 Å². The lowest BCUT2D eigenvalue weighted by Crippen LogP contribution is -2.48. The highest BCUT2D eigenvalue weighted by atomic mass is 19.4. The second-order valence-electron chi connectivity index (χ2n) is 7.37. The summed E-state index contributed by atoms with van der Waals surface area (Å²) in [6.07, 6.45) is 0.0824. The maximum atomic E-state index is 12.6. The maximum Gasteiger partial charge on any atom is 0.416 e. The molecule has 2 aromatic rings. The second kappa shape index (κ2) is 7.21. The van der Waals surface area contributed by atoms with Gasteiger partial charge in [0.25, 0.3) is 0 Å². The minimum Gasteiger partial charge on any atom is -0.368 e. The van der Waals surface area contributed by atoms with Gasteiger partial charge in [-0.1, -0.05) is 12.1 Å². The number of pyridine rings is 1. The predicted octanol–water partition coefficient (Wildman–Crippen LogP) is 3.74. The average molecular weight is 377 g/mol. The zero-order valence-electron chi connectivity index (χ0n) is 15.3. The third kappa shape index (κ3) is 4.78. The number of aromatic nitrogens is 1. The molecule has 0 spiro atoms.